The smallest absolute Gasteiger partial charge is 0.157 e. The number of thioether (sulfide) groups is 2. The molecule has 4 heteroatoms. The molecular formula is C17H24N2S2. The minimum atomic E-state index is 0.527. The maximum atomic E-state index is 5.03. The topological polar surface area (TPSA) is 24.4 Å². The highest BCUT2D eigenvalue weighted by atomic mass is 32.2. The Morgan fingerprint density at radius 1 is 1.24 bits per heavy atom. The van der Waals surface area contributed by atoms with Gasteiger partial charge in [-0.15, -0.1) is 0 Å². The summed E-state index contributed by atoms with van der Waals surface area (Å²) in [4.78, 5) is 5.03. The van der Waals surface area contributed by atoms with Crippen LogP contribution in [0.25, 0.3) is 0 Å². The fourth-order valence-electron chi connectivity index (χ4n) is 3.17. The molecule has 0 radical (unpaired) electrons. The summed E-state index contributed by atoms with van der Waals surface area (Å²) in [7, 11) is 0. The Labute approximate surface area is 136 Å². The molecule has 2 aliphatic rings. The number of hydrogen-bond acceptors (Lipinski definition) is 3. The lowest BCUT2D eigenvalue weighted by Crippen LogP contribution is -2.32. The summed E-state index contributed by atoms with van der Waals surface area (Å²) in [6.07, 6.45) is 8.65. The van der Waals surface area contributed by atoms with E-state index in [1.54, 1.807) is 0 Å². The van der Waals surface area contributed by atoms with Gasteiger partial charge in [0, 0.05) is 17.0 Å². The molecule has 0 amide bonds. The molecule has 1 N–H and O–H groups in total. The summed E-state index contributed by atoms with van der Waals surface area (Å²) in [6, 6.07) is 11.8. The van der Waals surface area contributed by atoms with Gasteiger partial charge in [-0.25, -0.2) is 0 Å². The molecule has 3 atom stereocenters. The van der Waals surface area contributed by atoms with Crippen molar-refractivity contribution in [3.8, 4) is 0 Å². The van der Waals surface area contributed by atoms with E-state index in [0.717, 1.165) is 17.4 Å². The van der Waals surface area contributed by atoms with E-state index in [2.05, 4.69) is 41.9 Å². The SMILES string of the molecule is CSC1CCCCC1N=C1NC(Cc2ccccc2)CS1. The quantitative estimate of drug-likeness (QED) is 0.908. The number of aliphatic imine (C=N–C) groups is 1. The highest BCUT2D eigenvalue weighted by Gasteiger charge is 2.27. The maximum Gasteiger partial charge on any atom is 0.157 e. The Bertz CT molecular complexity index is 475. The van der Waals surface area contributed by atoms with Gasteiger partial charge in [-0.05, 0) is 31.1 Å². The van der Waals surface area contributed by atoms with Crippen LogP contribution in [0.4, 0.5) is 0 Å². The molecule has 1 saturated heterocycles. The number of amidine groups is 1. The number of nitrogens with one attached hydrogen (secondary N) is 1. The summed E-state index contributed by atoms with van der Waals surface area (Å²) < 4.78 is 0. The predicted octanol–water partition coefficient (Wildman–Crippen LogP) is 3.96. The van der Waals surface area contributed by atoms with Crippen molar-refractivity contribution >= 4 is 28.7 Å². The summed E-state index contributed by atoms with van der Waals surface area (Å²) in [5, 5.41) is 5.54. The first-order valence-electron chi connectivity index (χ1n) is 7.89. The second-order valence-corrected chi connectivity index (χ2v) is 7.99. The van der Waals surface area contributed by atoms with Gasteiger partial charge in [0.25, 0.3) is 0 Å². The van der Waals surface area contributed by atoms with Crippen LogP contribution in [-0.2, 0) is 6.42 Å². The van der Waals surface area contributed by atoms with Crippen LogP contribution >= 0.6 is 23.5 Å². The molecule has 3 unspecified atom stereocenters. The molecule has 1 aliphatic carbocycles. The van der Waals surface area contributed by atoms with E-state index in [9.17, 15) is 0 Å². The van der Waals surface area contributed by atoms with Crippen LogP contribution in [0.15, 0.2) is 35.3 Å². The number of rotatable bonds is 4. The fraction of sp³-hybridized carbons (Fsp3) is 0.588. The Morgan fingerprint density at radius 2 is 2.05 bits per heavy atom. The molecule has 0 aromatic heterocycles. The van der Waals surface area contributed by atoms with Crippen molar-refractivity contribution in [2.75, 3.05) is 12.0 Å². The normalized spacial score (nSPS) is 31.3. The van der Waals surface area contributed by atoms with E-state index in [1.807, 2.05) is 23.5 Å². The summed E-state index contributed by atoms with van der Waals surface area (Å²) in [5.74, 6) is 1.14. The van der Waals surface area contributed by atoms with Gasteiger partial charge in [0.15, 0.2) is 5.17 Å². The van der Waals surface area contributed by atoms with Crippen LogP contribution in [0.3, 0.4) is 0 Å². The summed E-state index contributed by atoms with van der Waals surface area (Å²) in [5.41, 5.74) is 1.41. The molecule has 0 bridgehead atoms. The number of nitrogens with zero attached hydrogens (tertiary/aromatic N) is 1. The number of benzene rings is 1. The largest absolute Gasteiger partial charge is 0.361 e. The molecule has 21 heavy (non-hydrogen) atoms. The molecular weight excluding hydrogens is 296 g/mol. The molecule has 114 valence electrons. The zero-order valence-corrected chi connectivity index (χ0v) is 14.3. The lowest BCUT2D eigenvalue weighted by atomic mass is 9.95. The van der Waals surface area contributed by atoms with Crippen molar-refractivity contribution in [1.29, 1.82) is 0 Å². The lowest BCUT2D eigenvalue weighted by Gasteiger charge is -2.27. The van der Waals surface area contributed by atoms with E-state index in [1.165, 1.54) is 36.4 Å². The minimum Gasteiger partial charge on any atom is -0.361 e. The zero-order chi connectivity index (χ0) is 14.5. The first-order chi connectivity index (χ1) is 10.3. The average molecular weight is 321 g/mol. The second-order valence-electron chi connectivity index (χ2n) is 5.90. The molecule has 1 heterocycles. The third-order valence-corrected chi connectivity index (χ3v) is 6.55. The van der Waals surface area contributed by atoms with Gasteiger partial charge in [-0.2, -0.15) is 11.8 Å². The van der Waals surface area contributed by atoms with E-state index >= 15 is 0 Å². The Balaban J connectivity index is 1.57. The predicted molar refractivity (Wildman–Crippen MR) is 96.5 cm³/mol. The highest BCUT2D eigenvalue weighted by molar-refractivity contribution is 8.14. The van der Waals surface area contributed by atoms with Crippen LogP contribution in [0.5, 0.6) is 0 Å². The van der Waals surface area contributed by atoms with Gasteiger partial charge in [0.05, 0.1) is 6.04 Å². The molecule has 0 spiro atoms. The van der Waals surface area contributed by atoms with Crippen molar-refractivity contribution in [1.82, 2.24) is 5.32 Å². The molecule has 2 nitrogen and oxygen atoms in total. The Kier molecular flexibility index (Phi) is 5.53. The van der Waals surface area contributed by atoms with Gasteiger partial charge in [0.1, 0.15) is 0 Å². The second kappa shape index (κ2) is 7.59. The molecule has 3 rings (SSSR count). The van der Waals surface area contributed by atoms with Gasteiger partial charge >= 0.3 is 0 Å². The number of hydrogen-bond donors (Lipinski definition) is 1. The zero-order valence-electron chi connectivity index (χ0n) is 12.6. The van der Waals surface area contributed by atoms with Gasteiger partial charge < -0.3 is 5.32 Å². The summed E-state index contributed by atoms with van der Waals surface area (Å²) in [6.45, 7) is 0. The lowest BCUT2D eigenvalue weighted by molar-refractivity contribution is 0.455. The first-order valence-corrected chi connectivity index (χ1v) is 10.2. The van der Waals surface area contributed by atoms with Crippen molar-refractivity contribution in [3.05, 3.63) is 35.9 Å². The first kappa shape index (κ1) is 15.3. The van der Waals surface area contributed by atoms with E-state index in [0.29, 0.717) is 12.1 Å². The van der Waals surface area contributed by atoms with Crippen LogP contribution in [0.2, 0.25) is 0 Å². The Morgan fingerprint density at radius 3 is 2.86 bits per heavy atom. The van der Waals surface area contributed by atoms with Crippen molar-refractivity contribution in [2.45, 2.75) is 49.4 Å². The van der Waals surface area contributed by atoms with E-state index in [-0.39, 0.29) is 0 Å². The van der Waals surface area contributed by atoms with Crippen molar-refractivity contribution in [2.24, 2.45) is 4.99 Å². The van der Waals surface area contributed by atoms with Crippen LogP contribution < -0.4 is 5.32 Å². The third kappa shape index (κ3) is 4.19. The van der Waals surface area contributed by atoms with Crippen LogP contribution in [0.1, 0.15) is 31.2 Å². The van der Waals surface area contributed by atoms with E-state index in [4.69, 9.17) is 4.99 Å². The molecule has 1 aliphatic heterocycles. The standard InChI is InChI=1S/C17H24N2S2/c1-20-16-10-6-5-9-15(16)19-17-18-14(12-21-17)11-13-7-3-2-4-8-13/h2-4,7-8,14-16H,5-6,9-12H2,1H3,(H,18,19). The van der Waals surface area contributed by atoms with Gasteiger partial charge in [-0.3, -0.25) is 4.99 Å². The minimum absolute atomic E-state index is 0.527. The van der Waals surface area contributed by atoms with Crippen molar-refractivity contribution < 1.29 is 0 Å². The van der Waals surface area contributed by atoms with Gasteiger partial charge in [-0.1, -0.05) is 54.9 Å². The summed E-state index contributed by atoms with van der Waals surface area (Å²) >= 11 is 3.90. The molecule has 2 fully saturated rings. The fourth-order valence-corrected chi connectivity index (χ4v) is 5.10. The monoisotopic (exact) mass is 320 g/mol. The Hall–Kier alpha value is -0.610. The van der Waals surface area contributed by atoms with Gasteiger partial charge in [0.2, 0.25) is 0 Å². The third-order valence-electron chi connectivity index (χ3n) is 4.33. The molecule has 1 aromatic rings. The highest BCUT2D eigenvalue weighted by Crippen LogP contribution is 2.30. The molecule has 1 saturated carbocycles. The van der Waals surface area contributed by atoms with Crippen molar-refractivity contribution in [3.63, 3.8) is 0 Å². The average Bonchev–Trinajstić information content (AvgIpc) is 2.96. The van der Waals surface area contributed by atoms with Crippen LogP contribution in [-0.4, -0.2) is 34.5 Å². The maximum absolute atomic E-state index is 5.03. The van der Waals surface area contributed by atoms with Crippen LogP contribution in [0, 0.1) is 0 Å². The van der Waals surface area contributed by atoms with E-state index < -0.39 is 0 Å². The molecule has 1 aromatic carbocycles.